The van der Waals surface area contributed by atoms with Gasteiger partial charge in [0.25, 0.3) is 0 Å². The first-order valence-corrected chi connectivity index (χ1v) is 12.6. The van der Waals surface area contributed by atoms with E-state index < -0.39 is 59.4 Å². The molecule has 1 saturated heterocycles. The fourth-order valence-corrected chi connectivity index (χ4v) is 5.40. The van der Waals surface area contributed by atoms with Crippen molar-refractivity contribution in [3.05, 3.63) is 60.2 Å². The Bertz CT molecular complexity index is 1240. The molecule has 1 fully saturated rings. The molecule has 192 valence electrons. The highest BCUT2D eigenvalue weighted by Crippen LogP contribution is 2.26. The Morgan fingerprint density at radius 3 is 2.49 bits per heavy atom. The summed E-state index contributed by atoms with van der Waals surface area (Å²) in [6, 6.07) is 13.5. The van der Waals surface area contributed by atoms with Crippen LogP contribution in [0.5, 0.6) is 0 Å². The average molecular weight is 510 g/mol. The summed E-state index contributed by atoms with van der Waals surface area (Å²) in [7, 11) is -4.09. The lowest BCUT2D eigenvalue weighted by molar-refractivity contribution is 0.0586. The molecule has 0 spiro atoms. The van der Waals surface area contributed by atoms with Crippen LogP contribution in [0.4, 0.5) is 10.5 Å². The predicted molar refractivity (Wildman–Crippen MR) is 133 cm³/mol. The second-order valence-corrected chi connectivity index (χ2v) is 11.1. The van der Waals surface area contributed by atoms with Gasteiger partial charge in [-0.15, -0.1) is 0 Å². The maximum atomic E-state index is 13.6. The quantitative estimate of drug-likeness (QED) is 0.443. The minimum atomic E-state index is -4.09. The van der Waals surface area contributed by atoms with Crippen LogP contribution in [0.2, 0.25) is 0 Å². The third kappa shape index (κ3) is 7.41. The van der Waals surface area contributed by atoms with Crippen LogP contribution in [0.3, 0.4) is 0 Å². The Hall–Kier alpha value is -2.66. The van der Waals surface area contributed by atoms with E-state index in [1.807, 2.05) is 0 Å². The summed E-state index contributed by atoms with van der Waals surface area (Å²) < 4.78 is 69.1. The number of β-amino-alcohol motifs (C(OH)–C–C–N with tert-alkyl or cyclic N) is 1. The Morgan fingerprint density at radius 1 is 1.26 bits per heavy atom. The molecule has 0 radical (unpaired) electrons. The van der Waals surface area contributed by atoms with E-state index in [9.17, 15) is 18.3 Å². The van der Waals surface area contributed by atoms with Crippen molar-refractivity contribution in [3.63, 3.8) is 0 Å². The largest absolute Gasteiger partial charge is 0.444 e. The molecule has 0 saturated carbocycles. The molecule has 10 heteroatoms. The van der Waals surface area contributed by atoms with Crippen LogP contribution in [-0.2, 0) is 25.9 Å². The van der Waals surface area contributed by atoms with Crippen LogP contribution in [0.25, 0.3) is 0 Å². The topological polar surface area (TPSA) is 131 Å². The number of carbonyl (C=O) groups is 1. The van der Waals surface area contributed by atoms with Crippen molar-refractivity contribution in [2.24, 2.45) is 0 Å². The lowest BCUT2D eigenvalue weighted by atomic mass is 10.00. The Morgan fingerprint density at radius 2 is 1.91 bits per heavy atom. The molecule has 1 aliphatic heterocycles. The van der Waals surface area contributed by atoms with Gasteiger partial charge in [0.2, 0.25) is 10.0 Å². The highest BCUT2D eigenvalue weighted by Gasteiger charge is 2.37. The molecule has 1 amide bonds. The van der Waals surface area contributed by atoms with Crippen molar-refractivity contribution >= 4 is 21.8 Å². The molecule has 0 aromatic heterocycles. The molecular formula is C25H35N3O6S. The number of benzene rings is 2. The molecule has 3 atom stereocenters. The molecule has 2 aromatic rings. The van der Waals surface area contributed by atoms with E-state index in [2.05, 4.69) is 5.32 Å². The first-order valence-electron chi connectivity index (χ1n) is 13.2. The van der Waals surface area contributed by atoms with Gasteiger partial charge in [0.15, 0.2) is 0 Å². The molecule has 1 aliphatic rings. The molecule has 2 aromatic carbocycles. The van der Waals surface area contributed by atoms with Crippen LogP contribution in [0.1, 0.15) is 38.2 Å². The third-order valence-corrected chi connectivity index (χ3v) is 7.56. The maximum absolute atomic E-state index is 13.6. The molecule has 0 unspecified atom stereocenters. The first-order chi connectivity index (χ1) is 17.9. The number of nitrogen functional groups attached to an aromatic ring is 1. The maximum Gasteiger partial charge on any atom is 0.407 e. The molecule has 3 rings (SSSR count). The van der Waals surface area contributed by atoms with E-state index in [0.29, 0.717) is 5.69 Å². The third-order valence-electron chi connectivity index (χ3n) is 5.42. The zero-order chi connectivity index (χ0) is 29.2. The van der Waals surface area contributed by atoms with Gasteiger partial charge >= 0.3 is 6.09 Å². The van der Waals surface area contributed by atoms with Gasteiger partial charge in [0.05, 0.1) is 35.6 Å². The average Bonchev–Trinajstić information content (AvgIpc) is 3.02. The minimum Gasteiger partial charge on any atom is -0.444 e. The highest BCUT2D eigenvalue weighted by molar-refractivity contribution is 7.89. The summed E-state index contributed by atoms with van der Waals surface area (Å²) in [5, 5.41) is 13.8. The van der Waals surface area contributed by atoms with Gasteiger partial charge in [-0.1, -0.05) is 30.3 Å². The zero-order valence-electron chi connectivity index (χ0n) is 24.0. The number of amides is 1. The van der Waals surface area contributed by atoms with Crippen LogP contribution < -0.4 is 11.1 Å². The molecule has 4 N–H and O–H groups in total. The lowest BCUT2D eigenvalue weighted by Gasteiger charge is -2.37. The molecular weight excluding hydrogens is 470 g/mol. The Kier molecular flexibility index (Phi) is 7.03. The standard InChI is InChI=1S/C25H35N3O6S/c1-25(2,3)28(35(31,32)21-11-9-19(26)10-12-21)16-23(29)22(15-18-7-5-4-6-8-18)27-24(30)34-20-13-14-33-17-20/h4-12,20,22-23,29H,13-17,26H2,1-3H3,(H,27,30)/t20-,22-,23+/m0/s1/i14D2,17D2. The van der Waals surface area contributed by atoms with Crippen molar-refractivity contribution in [1.82, 2.24) is 9.62 Å². The van der Waals surface area contributed by atoms with E-state index in [1.54, 1.807) is 51.1 Å². The number of ether oxygens (including phenoxy) is 2. The van der Waals surface area contributed by atoms with Gasteiger partial charge in [0, 0.05) is 24.2 Å². The number of sulfonamides is 1. The van der Waals surface area contributed by atoms with Crippen molar-refractivity contribution in [1.29, 1.82) is 0 Å². The van der Waals surface area contributed by atoms with Gasteiger partial charge in [-0.05, 0) is 57.0 Å². The number of nitrogens with one attached hydrogen (secondary N) is 1. The van der Waals surface area contributed by atoms with Gasteiger partial charge in [-0.25, -0.2) is 13.2 Å². The van der Waals surface area contributed by atoms with E-state index in [-0.39, 0.29) is 17.9 Å². The number of aliphatic hydroxyl groups is 1. The van der Waals surface area contributed by atoms with Crippen molar-refractivity contribution < 1.29 is 33.3 Å². The van der Waals surface area contributed by atoms with Crippen molar-refractivity contribution in [2.75, 3.05) is 25.4 Å². The Balaban J connectivity index is 1.85. The second kappa shape index (κ2) is 11.4. The second-order valence-electron chi connectivity index (χ2n) is 9.25. The number of aliphatic hydroxyl groups excluding tert-OH is 1. The van der Waals surface area contributed by atoms with Gasteiger partial charge < -0.3 is 25.6 Å². The summed E-state index contributed by atoms with van der Waals surface area (Å²) >= 11 is 0. The summed E-state index contributed by atoms with van der Waals surface area (Å²) in [6.45, 7) is -0.217. The molecule has 1 heterocycles. The minimum absolute atomic E-state index is 0.0106. The lowest BCUT2D eigenvalue weighted by Crippen LogP contribution is -2.55. The summed E-state index contributed by atoms with van der Waals surface area (Å²) in [5.74, 6) is 0. The number of alkyl carbamates (subject to hydrolysis) is 1. The van der Waals surface area contributed by atoms with Crippen LogP contribution in [-0.4, -0.2) is 67.4 Å². The van der Waals surface area contributed by atoms with Gasteiger partial charge in [0.1, 0.15) is 6.10 Å². The molecule has 0 aliphatic carbocycles. The predicted octanol–water partition coefficient (Wildman–Crippen LogP) is 2.55. The zero-order valence-corrected chi connectivity index (χ0v) is 20.8. The summed E-state index contributed by atoms with van der Waals surface area (Å²) in [4.78, 5) is 12.8. The number of hydrogen-bond donors (Lipinski definition) is 3. The van der Waals surface area contributed by atoms with Crippen molar-refractivity contribution in [2.45, 2.75) is 62.3 Å². The van der Waals surface area contributed by atoms with Crippen LogP contribution >= 0.6 is 0 Å². The van der Waals surface area contributed by atoms with E-state index in [0.717, 1.165) is 9.87 Å². The number of carbonyl (C=O) groups excluding carboxylic acids is 1. The fourth-order valence-electron chi connectivity index (χ4n) is 3.59. The summed E-state index contributed by atoms with van der Waals surface area (Å²) in [6.07, 6.45) is -4.46. The van der Waals surface area contributed by atoms with Crippen LogP contribution in [0.15, 0.2) is 59.5 Å². The van der Waals surface area contributed by atoms with Crippen LogP contribution in [0, 0.1) is 0 Å². The number of nitrogens with two attached hydrogens (primary N) is 1. The van der Waals surface area contributed by atoms with Gasteiger partial charge in [-0.3, -0.25) is 0 Å². The number of rotatable bonds is 9. The molecule has 9 nitrogen and oxygen atoms in total. The number of hydrogen-bond acceptors (Lipinski definition) is 7. The smallest absolute Gasteiger partial charge is 0.407 e. The van der Waals surface area contributed by atoms with E-state index in [4.69, 9.17) is 20.7 Å². The van der Waals surface area contributed by atoms with Gasteiger partial charge in [-0.2, -0.15) is 4.31 Å². The van der Waals surface area contributed by atoms with E-state index in [1.165, 1.54) is 24.3 Å². The molecule has 0 bridgehead atoms. The molecule has 35 heavy (non-hydrogen) atoms. The SMILES string of the molecule is [2H]C1([2H])C[C@H](OC(=O)N[C@@H](Cc2ccccc2)[C@H](O)CN(C(C)(C)C)S(=O)(=O)c2ccc(N)cc2)C([2H])([2H])O1. The Labute approximate surface area is 212 Å². The number of anilines is 1. The normalized spacial score (nSPS) is 22.8. The van der Waals surface area contributed by atoms with Crippen molar-refractivity contribution in [3.8, 4) is 0 Å². The first kappa shape index (κ1) is 21.6. The highest BCUT2D eigenvalue weighted by atomic mass is 32.2. The fraction of sp³-hybridized carbons (Fsp3) is 0.480. The summed E-state index contributed by atoms with van der Waals surface area (Å²) in [5.41, 5.74) is 5.89. The van der Waals surface area contributed by atoms with E-state index >= 15 is 0 Å². The monoisotopic (exact) mass is 509 g/mol. The number of nitrogens with zero attached hydrogens (tertiary/aromatic N) is 1.